The minimum absolute atomic E-state index is 0.101. The first kappa shape index (κ1) is 19.9. The molecule has 0 saturated carbocycles. The number of nitrogens with zero attached hydrogens (tertiary/aromatic N) is 2. The van der Waals surface area contributed by atoms with Gasteiger partial charge in [-0.1, -0.05) is 11.6 Å². The maximum Gasteiger partial charge on any atom is 0.302 e. The maximum absolute atomic E-state index is 12.1. The number of fused-ring (bicyclic) bond motifs is 2. The molecular formula is C18H21ClN4O5. The molecule has 10 heteroatoms. The predicted octanol–water partition coefficient (Wildman–Crippen LogP) is 1.24. The van der Waals surface area contributed by atoms with Gasteiger partial charge in [0.1, 0.15) is 11.8 Å². The van der Waals surface area contributed by atoms with Crippen molar-refractivity contribution in [2.45, 2.75) is 38.8 Å². The van der Waals surface area contributed by atoms with Gasteiger partial charge in [-0.3, -0.25) is 19.7 Å². The highest BCUT2D eigenvalue weighted by atomic mass is 35.5. The van der Waals surface area contributed by atoms with Crippen molar-refractivity contribution in [3.05, 3.63) is 22.7 Å². The number of guanidine groups is 1. The van der Waals surface area contributed by atoms with E-state index in [1.54, 1.807) is 17.0 Å². The molecule has 3 N–H and O–H groups in total. The predicted molar refractivity (Wildman–Crippen MR) is 101 cm³/mol. The number of ether oxygens (including phenoxy) is 2. The quantitative estimate of drug-likeness (QED) is 0.492. The Bertz CT molecular complexity index is 842. The Morgan fingerprint density at radius 3 is 2.82 bits per heavy atom. The van der Waals surface area contributed by atoms with Crippen LogP contribution in [0.5, 0.6) is 5.75 Å². The van der Waals surface area contributed by atoms with Gasteiger partial charge in [0.2, 0.25) is 17.8 Å². The third-order valence-electron chi connectivity index (χ3n) is 4.42. The van der Waals surface area contributed by atoms with Gasteiger partial charge >= 0.3 is 5.97 Å². The van der Waals surface area contributed by atoms with Crippen molar-refractivity contribution < 1.29 is 23.9 Å². The number of carbonyl (C=O) groups is 3. The number of nitrogens with two attached hydrogens (primary N) is 1. The molecule has 0 radical (unpaired) electrons. The third-order valence-corrected chi connectivity index (χ3v) is 4.83. The molecule has 1 aromatic rings. The molecular weight excluding hydrogens is 388 g/mol. The summed E-state index contributed by atoms with van der Waals surface area (Å²) in [4.78, 5) is 40.2. The van der Waals surface area contributed by atoms with E-state index in [0.29, 0.717) is 60.6 Å². The maximum atomic E-state index is 12.1. The fourth-order valence-corrected chi connectivity index (χ4v) is 3.34. The summed E-state index contributed by atoms with van der Waals surface area (Å²) in [6.45, 7) is 2.45. The monoisotopic (exact) mass is 408 g/mol. The minimum atomic E-state index is -0.702. The number of benzene rings is 1. The van der Waals surface area contributed by atoms with Crippen LogP contribution in [0.2, 0.25) is 5.02 Å². The van der Waals surface area contributed by atoms with Crippen LogP contribution in [0.3, 0.4) is 0 Å². The minimum Gasteiger partial charge on any atom is -0.492 e. The summed E-state index contributed by atoms with van der Waals surface area (Å²) < 4.78 is 10.6. The second-order valence-corrected chi connectivity index (χ2v) is 6.89. The smallest absolute Gasteiger partial charge is 0.302 e. The number of esters is 1. The lowest BCUT2D eigenvalue weighted by Crippen LogP contribution is -2.39. The number of hydrogen-bond donors (Lipinski definition) is 2. The molecule has 2 heterocycles. The molecule has 0 spiro atoms. The number of rotatable bonds is 8. The number of amides is 2. The topological polar surface area (TPSA) is 123 Å². The summed E-state index contributed by atoms with van der Waals surface area (Å²) in [5.41, 5.74) is 6.61. The Morgan fingerprint density at radius 1 is 1.36 bits per heavy atom. The van der Waals surface area contributed by atoms with Gasteiger partial charge in [-0.2, -0.15) is 0 Å². The Balaban J connectivity index is 1.66. The number of hydrogen-bond acceptors (Lipinski definition) is 7. The van der Waals surface area contributed by atoms with Gasteiger partial charge in [-0.15, -0.1) is 0 Å². The van der Waals surface area contributed by atoms with Crippen LogP contribution in [-0.2, 0) is 25.7 Å². The Morgan fingerprint density at radius 2 is 2.11 bits per heavy atom. The van der Waals surface area contributed by atoms with Crippen molar-refractivity contribution in [2.75, 3.05) is 13.2 Å². The molecule has 2 aliphatic heterocycles. The van der Waals surface area contributed by atoms with Crippen molar-refractivity contribution >= 4 is 41.0 Å². The number of nitrogens with one attached hydrogen (secondary N) is 1. The zero-order valence-electron chi connectivity index (χ0n) is 15.4. The van der Waals surface area contributed by atoms with E-state index in [0.717, 1.165) is 0 Å². The first-order valence-electron chi connectivity index (χ1n) is 8.89. The highest BCUT2D eigenvalue weighted by molar-refractivity contribution is 6.33. The first-order valence-corrected chi connectivity index (χ1v) is 9.26. The van der Waals surface area contributed by atoms with Gasteiger partial charge < -0.3 is 20.1 Å². The number of unbranched alkanes of at least 4 members (excludes halogenated alkanes) is 1. The number of halogens is 1. The number of primary amides is 1. The molecule has 2 aliphatic rings. The second kappa shape index (κ2) is 8.47. The lowest BCUT2D eigenvalue weighted by atomic mass is 10.1. The molecule has 1 saturated heterocycles. The Hall–Kier alpha value is -2.81. The van der Waals surface area contributed by atoms with Crippen LogP contribution in [-0.4, -0.2) is 47.9 Å². The van der Waals surface area contributed by atoms with Crippen LogP contribution in [0.4, 0.5) is 5.69 Å². The molecule has 150 valence electrons. The van der Waals surface area contributed by atoms with Gasteiger partial charge in [0, 0.05) is 12.5 Å². The van der Waals surface area contributed by atoms with E-state index in [4.69, 9.17) is 26.8 Å². The molecule has 1 fully saturated rings. The molecule has 0 aromatic heterocycles. The summed E-state index contributed by atoms with van der Waals surface area (Å²) in [6, 6.07) is 2.80. The molecule has 1 unspecified atom stereocenters. The van der Waals surface area contributed by atoms with Crippen molar-refractivity contribution in [2.24, 2.45) is 10.7 Å². The third kappa shape index (κ3) is 4.36. The fourth-order valence-electron chi connectivity index (χ4n) is 3.07. The largest absolute Gasteiger partial charge is 0.492 e. The van der Waals surface area contributed by atoms with Crippen LogP contribution < -0.4 is 15.8 Å². The van der Waals surface area contributed by atoms with E-state index in [2.05, 4.69) is 10.3 Å². The molecule has 1 atom stereocenters. The summed E-state index contributed by atoms with van der Waals surface area (Å²) in [7, 11) is 0. The van der Waals surface area contributed by atoms with E-state index < -0.39 is 11.9 Å². The van der Waals surface area contributed by atoms with Crippen LogP contribution in [0.25, 0.3) is 0 Å². The zero-order valence-corrected chi connectivity index (χ0v) is 16.1. The molecule has 2 amide bonds. The van der Waals surface area contributed by atoms with Gasteiger partial charge in [-0.05, 0) is 25.0 Å². The summed E-state index contributed by atoms with van der Waals surface area (Å²) in [5.74, 6) is -0.284. The molecule has 9 nitrogen and oxygen atoms in total. The highest BCUT2D eigenvalue weighted by Gasteiger charge is 2.40. The van der Waals surface area contributed by atoms with Crippen molar-refractivity contribution in [3.8, 4) is 5.75 Å². The highest BCUT2D eigenvalue weighted by Crippen LogP contribution is 2.39. The lowest BCUT2D eigenvalue weighted by molar-refractivity contribution is -0.141. The fraction of sp³-hybridized carbons (Fsp3) is 0.444. The van der Waals surface area contributed by atoms with E-state index in [-0.39, 0.29) is 18.3 Å². The van der Waals surface area contributed by atoms with Crippen molar-refractivity contribution in [3.63, 3.8) is 0 Å². The van der Waals surface area contributed by atoms with Crippen LogP contribution in [0.1, 0.15) is 31.7 Å². The van der Waals surface area contributed by atoms with E-state index in [1.165, 1.54) is 6.92 Å². The average Bonchev–Trinajstić information content (AvgIpc) is 2.92. The Labute approximate surface area is 166 Å². The van der Waals surface area contributed by atoms with Gasteiger partial charge in [0.15, 0.2) is 0 Å². The number of carbonyl (C=O) groups excluding carboxylic acids is 3. The van der Waals surface area contributed by atoms with Gasteiger partial charge in [-0.25, -0.2) is 4.99 Å². The van der Waals surface area contributed by atoms with Gasteiger partial charge in [0.05, 0.1) is 36.9 Å². The van der Waals surface area contributed by atoms with Crippen LogP contribution in [0, 0.1) is 0 Å². The SMILES string of the molecule is CC(=O)OCCCCOc1ccc2c(c1Cl)CN1C(=N2)NC(=O)C1CC(N)=O. The summed E-state index contributed by atoms with van der Waals surface area (Å²) in [5, 5.41) is 3.08. The van der Waals surface area contributed by atoms with Crippen LogP contribution >= 0.6 is 11.6 Å². The normalized spacial score (nSPS) is 17.4. The molecule has 1 aromatic carbocycles. The molecule has 28 heavy (non-hydrogen) atoms. The second-order valence-electron chi connectivity index (χ2n) is 6.51. The standard InChI is InChI=1S/C18H21ClN4O5/c1-10(24)27-6-2-3-7-28-14-5-4-12-11(16(14)19)9-23-13(8-15(20)25)17(26)22-18(23)21-12/h4-5,13H,2-3,6-9H2,1H3,(H2,20,25)(H,21,22,26). The van der Waals surface area contributed by atoms with Gasteiger partial charge in [0.25, 0.3) is 0 Å². The molecule has 0 bridgehead atoms. The first-order chi connectivity index (χ1) is 13.4. The lowest BCUT2D eigenvalue weighted by Gasteiger charge is -2.28. The van der Waals surface area contributed by atoms with E-state index in [1.807, 2.05) is 0 Å². The van der Waals surface area contributed by atoms with Crippen molar-refractivity contribution in [1.29, 1.82) is 0 Å². The molecule has 0 aliphatic carbocycles. The Kier molecular flexibility index (Phi) is 6.03. The summed E-state index contributed by atoms with van der Waals surface area (Å²) >= 11 is 6.50. The average molecular weight is 409 g/mol. The molecule has 3 rings (SSSR count). The van der Waals surface area contributed by atoms with Crippen molar-refractivity contribution in [1.82, 2.24) is 10.2 Å². The van der Waals surface area contributed by atoms with E-state index in [9.17, 15) is 14.4 Å². The van der Waals surface area contributed by atoms with E-state index >= 15 is 0 Å². The number of aliphatic imine (C=N–C) groups is 1. The van der Waals surface area contributed by atoms with Crippen LogP contribution in [0.15, 0.2) is 17.1 Å². The zero-order chi connectivity index (χ0) is 20.3. The summed E-state index contributed by atoms with van der Waals surface area (Å²) in [6.07, 6.45) is 1.29.